The van der Waals surface area contributed by atoms with E-state index in [4.69, 9.17) is 10.2 Å². The topological polar surface area (TPSA) is 52.0 Å². The fourth-order valence-electron chi connectivity index (χ4n) is 1.82. The number of rotatable bonds is 4. The smallest absolute Gasteiger partial charge is 0.194 e. The molecule has 90 valence electrons. The molecule has 1 aromatic carbocycles. The zero-order chi connectivity index (χ0) is 12.3. The molecule has 0 aliphatic carbocycles. The molecule has 2 N–H and O–H groups in total. The minimum absolute atomic E-state index is 0.668. The molecule has 17 heavy (non-hydrogen) atoms. The Morgan fingerprint density at radius 3 is 2.88 bits per heavy atom. The average Bonchev–Trinajstić information content (AvgIpc) is 2.78. The van der Waals surface area contributed by atoms with E-state index in [-0.39, 0.29) is 0 Å². The first kappa shape index (κ1) is 11.9. The third-order valence-electron chi connectivity index (χ3n) is 3.02. The molecule has 0 spiro atoms. The maximum Gasteiger partial charge on any atom is 0.194 e. The van der Waals surface area contributed by atoms with Crippen molar-refractivity contribution in [1.29, 1.82) is 0 Å². The first-order chi connectivity index (χ1) is 8.22. The summed E-state index contributed by atoms with van der Waals surface area (Å²) < 4.78 is 5.74. The van der Waals surface area contributed by atoms with Crippen molar-refractivity contribution in [3.63, 3.8) is 0 Å². The number of aromatic nitrogens is 1. The van der Waals surface area contributed by atoms with E-state index in [1.165, 1.54) is 11.1 Å². The van der Waals surface area contributed by atoms with Crippen LogP contribution in [0.15, 0.2) is 28.8 Å². The van der Waals surface area contributed by atoms with Crippen LogP contribution in [-0.4, -0.2) is 11.5 Å². The van der Waals surface area contributed by atoms with Crippen molar-refractivity contribution in [2.75, 3.05) is 6.54 Å². The lowest BCUT2D eigenvalue weighted by Gasteiger charge is -2.04. The van der Waals surface area contributed by atoms with Gasteiger partial charge in [-0.3, -0.25) is 0 Å². The summed E-state index contributed by atoms with van der Waals surface area (Å²) >= 11 is 0. The van der Waals surface area contributed by atoms with Gasteiger partial charge in [0.1, 0.15) is 0 Å². The molecular weight excluding hydrogens is 212 g/mol. The molecule has 3 nitrogen and oxygen atoms in total. The van der Waals surface area contributed by atoms with Crippen molar-refractivity contribution in [2.45, 2.75) is 26.7 Å². The Labute approximate surface area is 102 Å². The van der Waals surface area contributed by atoms with Crippen LogP contribution in [0.5, 0.6) is 0 Å². The van der Waals surface area contributed by atoms with Gasteiger partial charge < -0.3 is 10.2 Å². The largest absolute Gasteiger partial charge is 0.441 e. The van der Waals surface area contributed by atoms with Gasteiger partial charge in [-0.2, -0.15) is 0 Å². The fraction of sp³-hybridized carbons (Fsp3) is 0.357. The maximum absolute atomic E-state index is 5.74. The number of hydrogen-bond acceptors (Lipinski definition) is 3. The van der Waals surface area contributed by atoms with E-state index in [1.807, 2.05) is 6.07 Å². The third kappa shape index (κ3) is 2.56. The molecule has 0 aliphatic heterocycles. The number of nitrogens with zero attached hydrogens (tertiary/aromatic N) is 1. The van der Waals surface area contributed by atoms with Gasteiger partial charge in [0.25, 0.3) is 0 Å². The van der Waals surface area contributed by atoms with Gasteiger partial charge >= 0.3 is 0 Å². The van der Waals surface area contributed by atoms with Gasteiger partial charge in [0.2, 0.25) is 0 Å². The molecule has 0 atom stereocenters. The predicted octanol–water partition coefficient (Wildman–Crippen LogP) is 2.85. The van der Waals surface area contributed by atoms with E-state index >= 15 is 0 Å². The average molecular weight is 230 g/mol. The molecule has 2 aromatic rings. The maximum atomic E-state index is 5.74. The van der Waals surface area contributed by atoms with Gasteiger partial charge in [0.15, 0.2) is 11.7 Å². The van der Waals surface area contributed by atoms with Crippen LogP contribution in [0.2, 0.25) is 0 Å². The lowest BCUT2D eigenvalue weighted by atomic mass is 10.0. The Bertz CT molecular complexity index is 503. The fourth-order valence-corrected chi connectivity index (χ4v) is 1.82. The highest BCUT2D eigenvalue weighted by atomic mass is 16.4. The van der Waals surface area contributed by atoms with Crippen molar-refractivity contribution >= 4 is 0 Å². The monoisotopic (exact) mass is 230 g/mol. The molecule has 1 heterocycles. The molecule has 1 aromatic heterocycles. The van der Waals surface area contributed by atoms with Gasteiger partial charge in [-0.1, -0.05) is 18.2 Å². The van der Waals surface area contributed by atoms with Crippen molar-refractivity contribution in [1.82, 2.24) is 4.98 Å². The summed E-state index contributed by atoms with van der Waals surface area (Å²) in [6.07, 6.45) is 3.52. The predicted molar refractivity (Wildman–Crippen MR) is 68.8 cm³/mol. The molecule has 0 radical (unpaired) electrons. The van der Waals surface area contributed by atoms with Crippen molar-refractivity contribution in [3.05, 3.63) is 41.4 Å². The van der Waals surface area contributed by atoms with Gasteiger partial charge in [0.05, 0.1) is 6.20 Å². The summed E-state index contributed by atoms with van der Waals surface area (Å²) in [7, 11) is 0. The highest BCUT2D eigenvalue weighted by Crippen LogP contribution is 2.26. The normalized spacial score (nSPS) is 10.8. The quantitative estimate of drug-likeness (QED) is 0.878. The lowest BCUT2D eigenvalue weighted by Crippen LogP contribution is -2.00. The Kier molecular flexibility index (Phi) is 3.59. The van der Waals surface area contributed by atoms with E-state index < -0.39 is 0 Å². The summed E-state index contributed by atoms with van der Waals surface area (Å²) in [6, 6.07) is 6.21. The Balaban J connectivity index is 2.27. The highest BCUT2D eigenvalue weighted by Gasteiger charge is 2.09. The van der Waals surface area contributed by atoms with Crippen molar-refractivity contribution in [3.8, 4) is 11.3 Å². The lowest BCUT2D eigenvalue weighted by molar-refractivity contribution is 0.499. The van der Waals surface area contributed by atoms with Crippen LogP contribution in [0.4, 0.5) is 0 Å². The van der Waals surface area contributed by atoms with Crippen LogP contribution in [0.25, 0.3) is 11.3 Å². The Hall–Kier alpha value is -1.61. The van der Waals surface area contributed by atoms with E-state index in [1.54, 1.807) is 6.20 Å². The van der Waals surface area contributed by atoms with E-state index in [0.29, 0.717) is 6.54 Å². The SMILES string of the molecule is Cc1cccc(-c2cnc(CCCN)o2)c1C. The first-order valence-electron chi connectivity index (χ1n) is 5.93. The first-order valence-corrected chi connectivity index (χ1v) is 5.93. The molecule has 0 saturated carbocycles. The van der Waals surface area contributed by atoms with Gasteiger partial charge in [0, 0.05) is 12.0 Å². The summed E-state index contributed by atoms with van der Waals surface area (Å²) in [5.74, 6) is 1.62. The van der Waals surface area contributed by atoms with Gasteiger partial charge in [-0.25, -0.2) is 4.98 Å². The van der Waals surface area contributed by atoms with Crippen molar-refractivity contribution < 1.29 is 4.42 Å². The van der Waals surface area contributed by atoms with Gasteiger partial charge in [-0.05, 0) is 37.9 Å². The van der Waals surface area contributed by atoms with Crippen LogP contribution < -0.4 is 5.73 Å². The van der Waals surface area contributed by atoms with Crippen LogP contribution >= 0.6 is 0 Å². The highest BCUT2D eigenvalue weighted by molar-refractivity contribution is 5.62. The standard InChI is InChI=1S/C14H18N2O/c1-10-5-3-6-12(11(10)2)13-9-16-14(17-13)7-4-8-15/h3,5-6,9H,4,7-8,15H2,1-2H3. The molecule has 0 fully saturated rings. The Morgan fingerprint density at radius 1 is 1.29 bits per heavy atom. The van der Waals surface area contributed by atoms with E-state index in [0.717, 1.165) is 30.1 Å². The summed E-state index contributed by atoms with van der Waals surface area (Å²) in [6.45, 7) is 4.87. The number of oxazole rings is 1. The summed E-state index contributed by atoms with van der Waals surface area (Å²) in [5.41, 5.74) is 9.10. The second-order valence-corrected chi connectivity index (χ2v) is 4.26. The van der Waals surface area contributed by atoms with E-state index in [2.05, 4.69) is 31.0 Å². The number of nitrogens with two attached hydrogens (primary N) is 1. The van der Waals surface area contributed by atoms with Gasteiger partial charge in [-0.15, -0.1) is 0 Å². The molecular formula is C14H18N2O. The summed E-state index contributed by atoms with van der Waals surface area (Å²) in [5, 5.41) is 0. The zero-order valence-corrected chi connectivity index (χ0v) is 10.4. The Morgan fingerprint density at radius 2 is 2.12 bits per heavy atom. The molecule has 0 unspecified atom stereocenters. The molecule has 2 rings (SSSR count). The third-order valence-corrected chi connectivity index (χ3v) is 3.02. The minimum Gasteiger partial charge on any atom is -0.441 e. The number of benzene rings is 1. The molecule has 0 saturated heterocycles. The van der Waals surface area contributed by atoms with Crippen molar-refractivity contribution in [2.24, 2.45) is 5.73 Å². The molecule has 0 aliphatic rings. The molecule has 0 amide bonds. The number of aryl methyl sites for hydroxylation is 2. The van der Waals surface area contributed by atoms with Crippen LogP contribution in [0, 0.1) is 13.8 Å². The van der Waals surface area contributed by atoms with E-state index in [9.17, 15) is 0 Å². The molecule has 0 bridgehead atoms. The molecule has 3 heteroatoms. The van der Waals surface area contributed by atoms with Crippen LogP contribution in [0.3, 0.4) is 0 Å². The second kappa shape index (κ2) is 5.15. The zero-order valence-electron chi connectivity index (χ0n) is 10.4. The van der Waals surface area contributed by atoms with Crippen LogP contribution in [0.1, 0.15) is 23.4 Å². The van der Waals surface area contributed by atoms with Crippen LogP contribution in [-0.2, 0) is 6.42 Å². The number of hydrogen-bond donors (Lipinski definition) is 1. The summed E-state index contributed by atoms with van der Waals surface area (Å²) in [4.78, 5) is 4.28. The second-order valence-electron chi connectivity index (χ2n) is 4.26. The minimum atomic E-state index is 0.668.